The second-order valence-electron chi connectivity index (χ2n) is 2.12. The van der Waals surface area contributed by atoms with Crippen molar-refractivity contribution in [3.8, 4) is 0 Å². The molecule has 1 aromatic heterocycles. The third-order valence-corrected chi connectivity index (χ3v) is 1.37. The zero-order chi connectivity index (χ0) is 8.27. The third-order valence-electron chi connectivity index (χ3n) is 1.37. The number of hydrogen-bond donors (Lipinski definition) is 1. The van der Waals surface area contributed by atoms with E-state index in [1.807, 2.05) is 0 Å². The monoisotopic (exact) mass is 150 g/mol. The summed E-state index contributed by atoms with van der Waals surface area (Å²) < 4.78 is 1.53. The summed E-state index contributed by atoms with van der Waals surface area (Å²) in [7, 11) is 0. The average molecular weight is 150 g/mol. The summed E-state index contributed by atoms with van der Waals surface area (Å²) in [5.41, 5.74) is 0.722. The molecule has 1 aromatic rings. The molecule has 0 fully saturated rings. The number of hydrogen-bond acceptors (Lipinski definition) is 2. The molecule has 58 valence electrons. The number of aromatic nitrogens is 2. The quantitative estimate of drug-likeness (QED) is 0.657. The summed E-state index contributed by atoms with van der Waals surface area (Å²) in [5.74, 6) is 0. The summed E-state index contributed by atoms with van der Waals surface area (Å²) in [6, 6.07) is 0. The van der Waals surface area contributed by atoms with Crippen molar-refractivity contribution < 1.29 is 5.11 Å². The predicted molar refractivity (Wildman–Crippen MR) is 43.8 cm³/mol. The van der Waals surface area contributed by atoms with Gasteiger partial charge in [0.2, 0.25) is 0 Å². The summed E-state index contributed by atoms with van der Waals surface area (Å²) >= 11 is 0. The molecule has 0 aliphatic rings. The molecular formula is C8H10N2O. The van der Waals surface area contributed by atoms with Crippen LogP contribution in [0, 0.1) is 0 Å². The van der Waals surface area contributed by atoms with E-state index in [2.05, 4.69) is 18.3 Å². The van der Waals surface area contributed by atoms with E-state index in [0.29, 0.717) is 0 Å². The van der Waals surface area contributed by atoms with Crippen molar-refractivity contribution in [2.75, 3.05) is 0 Å². The molecule has 3 heteroatoms. The van der Waals surface area contributed by atoms with Crippen LogP contribution in [0.2, 0.25) is 0 Å². The average Bonchev–Trinajstić information content (AvgIpc) is 2.50. The van der Waals surface area contributed by atoms with Gasteiger partial charge in [-0.15, -0.1) is 6.58 Å². The van der Waals surface area contributed by atoms with Crippen LogP contribution < -0.4 is 0 Å². The van der Waals surface area contributed by atoms with Crippen LogP contribution in [0.25, 0.3) is 6.20 Å². The van der Waals surface area contributed by atoms with Crippen LogP contribution in [-0.4, -0.2) is 14.9 Å². The van der Waals surface area contributed by atoms with Gasteiger partial charge in [-0.25, -0.2) is 4.68 Å². The van der Waals surface area contributed by atoms with Crippen molar-refractivity contribution in [1.29, 1.82) is 0 Å². The van der Waals surface area contributed by atoms with Crippen LogP contribution in [0.15, 0.2) is 31.6 Å². The Balaban J connectivity index is 2.87. The molecule has 0 bridgehead atoms. The third kappa shape index (κ3) is 1.56. The number of rotatable bonds is 3. The van der Waals surface area contributed by atoms with E-state index in [-0.39, 0.29) is 0 Å². The topological polar surface area (TPSA) is 38.1 Å². The Labute approximate surface area is 65.3 Å². The van der Waals surface area contributed by atoms with E-state index >= 15 is 0 Å². The minimum Gasteiger partial charge on any atom is -0.384 e. The Morgan fingerprint density at radius 3 is 2.82 bits per heavy atom. The molecule has 0 radical (unpaired) electrons. The van der Waals surface area contributed by atoms with Gasteiger partial charge < -0.3 is 5.11 Å². The van der Waals surface area contributed by atoms with Crippen molar-refractivity contribution in [2.45, 2.75) is 6.10 Å². The molecule has 0 aliphatic carbocycles. The highest BCUT2D eigenvalue weighted by molar-refractivity contribution is 5.20. The largest absolute Gasteiger partial charge is 0.384 e. The van der Waals surface area contributed by atoms with Crippen LogP contribution in [-0.2, 0) is 0 Å². The maximum Gasteiger partial charge on any atom is 0.0999 e. The van der Waals surface area contributed by atoms with Crippen molar-refractivity contribution in [3.63, 3.8) is 0 Å². The Bertz CT molecular complexity index is 265. The summed E-state index contributed by atoms with van der Waals surface area (Å²) in [5, 5.41) is 13.1. The highest BCUT2D eigenvalue weighted by atomic mass is 16.3. The smallest absolute Gasteiger partial charge is 0.0999 e. The lowest BCUT2D eigenvalue weighted by Crippen LogP contribution is -1.89. The van der Waals surface area contributed by atoms with E-state index in [1.54, 1.807) is 18.6 Å². The minimum absolute atomic E-state index is 0.635. The van der Waals surface area contributed by atoms with E-state index in [9.17, 15) is 5.11 Å². The van der Waals surface area contributed by atoms with Crippen LogP contribution in [0.4, 0.5) is 0 Å². The molecule has 0 aromatic carbocycles. The first-order valence-electron chi connectivity index (χ1n) is 3.25. The van der Waals surface area contributed by atoms with Gasteiger partial charge in [0, 0.05) is 18.0 Å². The maximum absolute atomic E-state index is 9.23. The van der Waals surface area contributed by atoms with Gasteiger partial charge >= 0.3 is 0 Å². The Kier molecular flexibility index (Phi) is 2.23. The lowest BCUT2D eigenvalue weighted by molar-refractivity contribution is 0.229. The van der Waals surface area contributed by atoms with Crippen LogP contribution in [0.1, 0.15) is 11.7 Å². The molecule has 0 saturated heterocycles. The number of aliphatic hydroxyl groups is 1. The summed E-state index contributed by atoms with van der Waals surface area (Å²) in [6.45, 7) is 6.98. The fourth-order valence-corrected chi connectivity index (χ4v) is 0.741. The number of nitrogens with zero attached hydrogens (tertiary/aromatic N) is 2. The van der Waals surface area contributed by atoms with Gasteiger partial charge in [-0.2, -0.15) is 5.10 Å². The Morgan fingerprint density at radius 1 is 1.64 bits per heavy atom. The van der Waals surface area contributed by atoms with Crippen LogP contribution >= 0.6 is 0 Å². The molecule has 1 unspecified atom stereocenters. The molecule has 1 rings (SSSR count). The first-order chi connectivity index (χ1) is 5.27. The SMILES string of the molecule is C=CC(O)c1cnn(C=C)c1. The molecule has 1 heterocycles. The van der Waals surface area contributed by atoms with Gasteiger partial charge in [-0.05, 0) is 0 Å². The zero-order valence-electron chi connectivity index (χ0n) is 6.14. The van der Waals surface area contributed by atoms with E-state index < -0.39 is 6.10 Å². The van der Waals surface area contributed by atoms with Gasteiger partial charge in [0.1, 0.15) is 0 Å². The molecule has 3 nitrogen and oxygen atoms in total. The van der Waals surface area contributed by atoms with Gasteiger partial charge in [0.05, 0.1) is 12.3 Å². The van der Waals surface area contributed by atoms with Gasteiger partial charge in [-0.3, -0.25) is 0 Å². The Morgan fingerprint density at radius 2 is 2.36 bits per heavy atom. The van der Waals surface area contributed by atoms with Crippen LogP contribution in [0.5, 0.6) is 0 Å². The molecule has 1 atom stereocenters. The van der Waals surface area contributed by atoms with Crippen molar-refractivity contribution in [3.05, 3.63) is 37.2 Å². The molecule has 0 spiro atoms. The fraction of sp³-hybridized carbons (Fsp3) is 0.125. The first-order valence-corrected chi connectivity index (χ1v) is 3.25. The van der Waals surface area contributed by atoms with E-state index in [4.69, 9.17) is 0 Å². The molecule has 1 N–H and O–H groups in total. The number of aliphatic hydroxyl groups excluding tert-OH is 1. The highest BCUT2D eigenvalue weighted by Crippen LogP contribution is 2.11. The molecule has 11 heavy (non-hydrogen) atoms. The summed E-state index contributed by atoms with van der Waals surface area (Å²) in [4.78, 5) is 0. The predicted octanol–water partition coefficient (Wildman–Crippen LogP) is 1.20. The molecule has 0 saturated carbocycles. The van der Waals surface area contributed by atoms with E-state index in [0.717, 1.165) is 5.56 Å². The van der Waals surface area contributed by atoms with Crippen LogP contribution in [0.3, 0.4) is 0 Å². The van der Waals surface area contributed by atoms with Crippen molar-refractivity contribution in [1.82, 2.24) is 9.78 Å². The Hall–Kier alpha value is -1.35. The lowest BCUT2D eigenvalue weighted by atomic mass is 10.2. The molecule has 0 aliphatic heterocycles. The summed E-state index contributed by atoms with van der Waals surface area (Å²) in [6.07, 6.45) is 5.64. The lowest BCUT2D eigenvalue weighted by Gasteiger charge is -1.97. The molecular weight excluding hydrogens is 140 g/mol. The second kappa shape index (κ2) is 3.16. The highest BCUT2D eigenvalue weighted by Gasteiger charge is 2.03. The minimum atomic E-state index is -0.635. The van der Waals surface area contributed by atoms with Gasteiger partial charge in [0.25, 0.3) is 0 Å². The van der Waals surface area contributed by atoms with Gasteiger partial charge in [-0.1, -0.05) is 12.7 Å². The van der Waals surface area contributed by atoms with Crippen molar-refractivity contribution in [2.24, 2.45) is 0 Å². The van der Waals surface area contributed by atoms with Gasteiger partial charge in [0.15, 0.2) is 0 Å². The molecule has 0 amide bonds. The van der Waals surface area contributed by atoms with E-state index in [1.165, 1.54) is 10.8 Å². The fourth-order valence-electron chi connectivity index (χ4n) is 0.741. The standard InChI is InChI=1S/C8H10N2O/c1-3-8(11)7-5-9-10(4-2)6-7/h3-6,8,11H,1-2H2. The second-order valence-corrected chi connectivity index (χ2v) is 2.12. The maximum atomic E-state index is 9.23. The zero-order valence-corrected chi connectivity index (χ0v) is 6.14. The normalized spacial score (nSPS) is 12.5. The van der Waals surface area contributed by atoms with Crippen molar-refractivity contribution >= 4 is 6.20 Å². The first kappa shape index (κ1) is 7.75.